The van der Waals surface area contributed by atoms with Crippen LogP contribution in [-0.2, 0) is 25.5 Å². The van der Waals surface area contributed by atoms with E-state index in [1.54, 1.807) is 29.6 Å². The lowest BCUT2D eigenvalue weighted by atomic mass is 10.0. The van der Waals surface area contributed by atoms with Gasteiger partial charge in [-0.3, -0.25) is 4.79 Å². The summed E-state index contributed by atoms with van der Waals surface area (Å²) in [6, 6.07) is 6.63. The highest BCUT2D eigenvalue weighted by atomic mass is 127. The maximum atomic E-state index is 12.5. The van der Waals surface area contributed by atoms with E-state index >= 15 is 0 Å². The molecule has 1 unspecified atom stereocenters. The van der Waals surface area contributed by atoms with Gasteiger partial charge in [-0.25, -0.2) is 4.79 Å². The number of amides is 1. The van der Waals surface area contributed by atoms with E-state index in [0.717, 1.165) is 17.8 Å². The zero-order chi connectivity index (χ0) is 17.0. The zero-order valence-electron chi connectivity index (χ0n) is 11.7. The summed E-state index contributed by atoms with van der Waals surface area (Å²) in [5, 5.41) is 1.57. The monoisotopic (exact) mass is 431 g/mol. The third-order valence-corrected chi connectivity index (χ3v) is 3.52. The highest BCUT2D eigenvalue weighted by Gasteiger charge is 2.48. The van der Waals surface area contributed by atoms with E-state index in [-0.39, 0.29) is 6.42 Å². The van der Waals surface area contributed by atoms with Crippen molar-refractivity contribution in [1.29, 1.82) is 0 Å². The van der Waals surface area contributed by atoms with Crippen molar-refractivity contribution in [2.45, 2.75) is 18.3 Å². The lowest BCUT2D eigenvalue weighted by Crippen LogP contribution is -2.60. The van der Waals surface area contributed by atoms with E-state index in [1.165, 1.54) is 0 Å². The van der Waals surface area contributed by atoms with E-state index in [1.807, 2.05) is 0 Å². The average molecular weight is 431 g/mol. The standard InChI is InChI=1S/C13H13F3INO4/c1-21-11(20)12(22-2,18-10(19)13(14,15)16)7-8-3-5-9(17)6-4-8/h3-6H,7H2,1-2H3,(H,18,19). The van der Waals surface area contributed by atoms with Crippen LogP contribution in [0.25, 0.3) is 0 Å². The summed E-state index contributed by atoms with van der Waals surface area (Å²) in [6.07, 6.45) is -5.46. The quantitative estimate of drug-likeness (QED) is 0.441. The van der Waals surface area contributed by atoms with Crippen LogP contribution in [0.5, 0.6) is 0 Å². The first-order valence-corrected chi connectivity index (χ1v) is 7.00. The summed E-state index contributed by atoms with van der Waals surface area (Å²) in [5.41, 5.74) is -1.76. The van der Waals surface area contributed by atoms with E-state index in [9.17, 15) is 22.8 Å². The molecule has 9 heteroatoms. The topological polar surface area (TPSA) is 64.6 Å². The molecule has 5 nitrogen and oxygen atoms in total. The predicted molar refractivity (Wildman–Crippen MR) is 78.8 cm³/mol. The van der Waals surface area contributed by atoms with Gasteiger partial charge in [-0.05, 0) is 40.3 Å². The summed E-state index contributed by atoms with van der Waals surface area (Å²) in [7, 11) is 2.00. The first-order chi connectivity index (χ1) is 10.1. The van der Waals surface area contributed by atoms with Gasteiger partial charge in [0.2, 0.25) is 5.72 Å². The summed E-state index contributed by atoms with van der Waals surface area (Å²) >= 11 is 2.05. The van der Waals surface area contributed by atoms with Crippen molar-refractivity contribution >= 4 is 34.5 Å². The van der Waals surface area contributed by atoms with Gasteiger partial charge < -0.3 is 14.8 Å². The fourth-order valence-corrected chi connectivity index (χ4v) is 2.04. The van der Waals surface area contributed by atoms with Crippen LogP contribution < -0.4 is 5.32 Å². The predicted octanol–water partition coefficient (Wildman–Crippen LogP) is 2.03. The molecular formula is C13H13F3INO4. The molecule has 122 valence electrons. The van der Waals surface area contributed by atoms with Crippen molar-refractivity contribution in [2.75, 3.05) is 14.2 Å². The van der Waals surface area contributed by atoms with E-state index in [0.29, 0.717) is 5.56 Å². The molecule has 1 aromatic rings. The normalized spacial score (nSPS) is 14.1. The number of hydrogen-bond donors (Lipinski definition) is 1. The number of carbonyl (C=O) groups excluding carboxylic acids is 2. The minimum atomic E-state index is -5.15. The number of methoxy groups -OCH3 is 2. The van der Waals surface area contributed by atoms with Gasteiger partial charge in [0, 0.05) is 17.1 Å². The van der Waals surface area contributed by atoms with Gasteiger partial charge in [0.25, 0.3) is 0 Å². The molecule has 0 aliphatic rings. The summed E-state index contributed by atoms with van der Waals surface area (Å²) < 4.78 is 47.6. The fourth-order valence-electron chi connectivity index (χ4n) is 1.68. The third kappa shape index (κ3) is 4.57. The van der Waals surface area contributed by atoms with E-state index in [4.69, 9.17) is 4.74 Å². The summed E-state index contributed by atoms with van der Waals surface area (Å²) in [6.45, 7) is 0. The zero-order valence-corrected chi connectivity index (χ0v) is 13.8. The molecule has 0 aromatic heterocycles. The highest BCUT2D eigenvalue weighted by Crippen LogP contribution is 2.22. The molecular weight excluding hydrogens is 418 g/mol. The second kappa shape index (κ2) is 7.27. The molecule has 1 atom stereocenters. The molecule has 1 rings (SSSR count). The second-order valence-corrected chi connectivity index (χ2v) is 5.52. The van der Waals surface area contributed by atoms with Crippen LogP contribution in [0.2, 0.25) is 0 Å². The smallest absolute Gasteiger partial charge is 0.465 e. The largest absolute Gasteiger partial charge is 0.471 e. The van der Waals surface area contributed by atoms with Gasteiger partial charge in [0.05, 0.1) is 7.11 Å². The number of benzene rings is 1. The first kappa shape index (κ1) is 18.7. The fraction of sp³-hybridized carbons (Fsp3) is 0.385. The minimum Gasteiger partial charge on any atom is -0.465 e. The van der Waals surface area contributed by atoms with Crippen LogP contribution in [0.4, 0.5) is 13.2 Å². The number of carbonyl (C=O) groups is 2. The first-order valence-electron chi connectivity index (χ1n) is 5.92. The number of alkyl halides is 3. The maximum absolute atomic E-state index is 12.5. The molecule has 1 aromatic carbocycles. The van der Waals surface area contributed by atoms with Gasteiger partial charge in [-0.2, -0.15) is 13.2 Å². The van der Waals surface area contributed by atoms with Crippen LogP contribution in [0, 0.1) is 3.57 Å². The molecule has 1 N–H and O–H groups in total. The lowest BCUT2D eigenvalue weighted by Gasteiger charge is -2.30. The molecule has 0 aliphatic carbocycles. The Morgan fingerprint density at radius 2 is 1.73 bits per heavy atom. The molecule has 1 amide bonds. The van der Waals surface area contributed by atoms with Crippen molar-refractivity contribution in [3.05, 3.63) is 33.4 Å². The Morgan fingerprint density at radius 3 is 2.14 bits per heavy atom. The molecule has 0 saturated carbocycles. The van der Waals surface area contributed by atoms with Crippen LogP contribution >= 0.6 is 22.6 Å². The summed E-state index contributed by atoms with van der Waals surface area (Å²) in [5.74, 6) is -3.42. The Balaban J connectivity index is 3.13. The molecule has 0 aliphatic heterocycles. The van der Waals surface area contributed by atoms with Crippen molar-refractivity contribution in [3.8, 4) is 0 Å². The molecule has 0 heterocycles. The van der Waals surface area contributed by atoms with Gasteiger partial charge in [-0.15, -0.1) is 0 Å². The Hall–Kier alpha value is -1.36. The van der Waals surface area contributed by atoms with Crippen LogP contribution in [-0.4, -0.2) is 38.0 Å². The second-order valence-electron chi connectivity index (χ2n) is 4.28. The van der Waals surface area contributed by atoms with Crippen molar-refractivity contribution < 1.29 is 32.2 Å². The molecule has 22 heavy (non-hydrogen) atoms. The van der Waals surface area contributed by atoms with Gasteiger partial charge in [0.15, 0.2) is 0 Å². The van der Waals surface area contributed by atoms with Crippen LogP contribution in [0.15, 0.2) is 24.3 Å². The van der Waals surface area contributed by atoms with Crippen molar-refractivity contribution in [3.63, 3.8) is 0 Å². The number of ether oxygens (including phenoxy) is 2. The number of hydrogen-bond acceptors (Lipinski definition) is 4. The molecule has 0 fully saturated rings. The van der Waals surface area contributed by atoms with Gasteiger partial charge >= 0.3 is 18.1 Å². The van der Waals surface area contributed by atoms with Crippen molar-refractivity contribution in [1.82, 2.24) is 5.32 Å². The Bertz CT molecular complexity index is 547. The molecule has 0 radical (unpaired) electrons. The number of esters is 1. The third-order valence-electron chi connectivity index (χ3n) is 2.80. The van der Waals surface area contributed by atoms with Gasteiger partial charge in [0.1, 0.15) is 0 Å². The lowest BCUT2D eigenvalue weighted by molar-refractivity contribution is -0.191. The molecule has 0 spiro atoms. The summed E-state index contributed by atoms with van der Waals surface area (Å²) in [4.78, 5) is 23.0. The van der Waals surface area contributed by atoms with E-state index < -0.39 is 23.8 Å². The molecule has 0 saturated heterocycles. The maximum Gasteiger partial charge on any atom is 0.471 e. The number of rotatable bonds is 5. The van der Waals surface area contributed by atoms with E-state index in [2.05, 4.69) is 27.3 Å². The Kier molecular flexibility index (Phi) is 6.17. The average Bonchev–Trinajstić information content (AvgIpc) is 2.46. The highest BCUT2D eigenvalue weighted by molar-refractivity contribution is 14.1. The van der Waals surface area contributed by atoms with Crippen LogP contribution in [0.1, 0.15) is 5.56 Å². The number of halogens is 4. The van der Waals surface area contributed by atoms with Crippen molar-refractivity contribution in [2.24, 2.45) is 0 Å². The number of nitrogens with one attached hydrogen (secondary N) is 1. The van der Waals surface area contributed by atoms with Gasteiger partial charge in [-0.1, -0.05) is 12.1 Å². The Morgan fingerprint density at radius 1 is 1.18 bits per heavy atom. The minimum absolute atomic E-state index is 0.311. The van der Waals surface area contributed by atoms with Crippen LogP contribution in [0.3, 0.4) is 0 Å². The SMILES string of the molecule is COC(=O)C(Cc1ccc(I)cc1)(NC(=O)C(F)(F)F)OC. The molecule has 0 bridgehead atoms. The Labute approximate surface area is 138 Å².